The van der Waals surface area contributed by atoms with Gasteiger partial charge in [0.25, 0.3) is 5.91 Å². The number of esters is 1. The molecule has 4 aliphatic rings. The lowest BCUT2D eigenvalue weighted by atomic mass is 9.48. The van der Waals surface area contributed by atoms with Crippen LogP contribution >= 0.6 is 11.3 Å². The molecule has 164 valence electrons. The fourth-order valence-electron chi connectivity index (χ4n) is 6.47. The van der Waals surface area contributed by atoms with Crippen molar-refractivity contribution in [3.05, 3.63) is 16.0 Å². The van der Waals surface area contributed by atoms with Gasteiger partial charge in [0.15, 0.2) is 6.61 Å². The molecular weight excluding hydrogens is 400 g/mol. The minimum atomic E-state index is -0.571. The number of aryl methyl sites for hydroxylation is 1. The number of nitrogens with one attached hydrogen (secondary N) is 2. The van der Waals surface area contributed by atoms with Gasteiger partial charge in [-0.25, -0.2) is 4.79 Å². The van der Waals surface area contributed by atoms with Crippen LogP contribution in [0.25, 0.3) is 0 Å². The number of amides is 2. The number of carbonyl (C=O) groups excluding carboxylic acids is 3. The van der Waals surface area contributed by atoms with E-state index < -0.39 is 5.97 Å². The van der Waals surface area contributed by atoms with Crippen molar-refractivity contribution in [2.75, 3.05) is 11.9 Å². The van der Waals surface area contributed by atoms with Crippen molar-refractivity contribution in [3.8, 4) is 0 Å². The lowest BCUT2D eigenvalue weighted by Gasteiger charge is -2.59. The first-order chi connectivity index (χ1) is 14.2. The molecule has 4 aliphatic carbocycles. The Morgan fingerprint density at radius 2 is 1.67 bits per heavy atom. The second-order valence-electron chi connectivity index (χ2n) is 9.81. The molecule has 0 aromatic carbocycles. The van der Waals surface area contributed by atoms with Crippen LogP contribution in [-0.4, -0.2) is 30.4 Å². The molecular formula is C23H32N2O4S. The summed E-state index contributed by atoms with van der Waals surface area (Å²) in [4.78, 5) is 37.6. The van der Waals surface area contributed by atoms with Gasteiger partial charge < -0.3 is 15.4 Å². The molecule has 0 radical (unpaired) electrons. The van der Waals surface area contributed by atoms with Gasteiger partial charge in [0, 0.05) is 17.8 Å². The van der Waals surface area contributed by atoms with E-state index in [0.717, 1.165) is 28.2 Å². The summed E-state index contributed by atoms with van der Waals surface area (Å²) in [5.74, 6) is 1.41. The third-order valence-corrected chi connectivity index (χ3v) is 8.72. The standard InChI is InChI=1S/C23H32N2O4S/c1-12-13(2)30-21(25-15(4)26)20(12)22(28)29-11-19(27)24-14(3)23-8-16-5-17(9-23)7-18(6-16)10-23/h14,16-18H,5-11H2,1-4H3,(H,24,27)(H,25,26)/t14-,16?,17?,18?,23?/m0/s1. The number of rotatable bonds is 6. The van der Waals surface area contributed by atoms with E-state index in [1.165, 1.54) is 56.8 Å². The van der Waals surface area contributed by atoms with Gasteiger partial charge in [-0.05, 0) is 88.0 Å². The summed E-state index contributed by atoms with van der Waals surface area (Å²) < 4.78 is 5.33. The van der Waals surface area contributed by atoms with Gasteiger partial charge in [-0.2, -0.15) is 0 Å². The molecule has 6 nitrogen and oxygen atoms in total. The summed E-state index contributed by atoms with van der Waals surface area (Å²) in [6, 6.07) is 0.0946. The Labute approximate surface area is 182 Å². The van der Waals surface area contributed by atoms with E-state index in [-0.39, 0.29) is 29.9 Å². The maximum atomic E-state index is 12.6. The largest absolute Gasteiger partial charge is 0.452 e. The summed E-state index contributed by atoms with van der Waals surface area (Å²) in [5, 5.41) is 6.29. The molecule has 30 heavy (non-hydrogen) atoms. The molecule has 1 heterocycles. The van der Waals surface area contributed by atoms with E-state index in [1.54, 1.807) is 0 Å². The van der Waals surface area contributed by atoms with Gasteiger partial charge in [0.05, 0.1) is 5.56 Å². The highest BCUT2D eigenvalue weighted by molar-refractivity contribution is 7.16. The molecule has 0 spiro atoms. The molecule has 2 amide bonds. The predicted molar refractivity (Wildman–Crippen MR) is 117 cm³/mol. The first kappa shape index (κ1) is 21.3. The Balaban J connectivity index is 1.35. The summed E-state index contributed by atoms with van der Waals surface area (Å²) in [7, 11) is 0. The van der Waals surface area contributed by atoms with E-state index in [4.69, 9.17) is 4.74 Å². The van der Waals surface area contributed by atoms with Crippen molar-refractivity contribution < 1.29 is 19.1 Å². The SMILES string of the molecule is CC(=O)Nc1sc(C)c(C)c1C(=O)OCC(=O)N[C@@H](C)C12CC3CC(CC(C3)C1)C2. The van der Waals surface area contributed by atoms with Crippen LogP contribution < -0.4 is 10.6 Å². The van der Waals surface area contributed by atoms with Crippen LogP contribution in [0.4, 0.5) is 5.00 Å². The highest BCUT2D eigenvalue weighted by Gasteiger charge is 2.53. The van der Waals surface area contributed by atoms with Crippen LogP contribution in [0.2, 0.25) is 0 Å². The van der Waals surface area contributed by atoms with E-state index in [9.17, 15) is 14.4 Å². The quantitative estimate of drug-likeness (QED) is 0.660. The fourth-order valence-corrected chi connectivity index (χ4v) is 7.56. The lowest BCUT2D eigenvalue weighted by Crippen LogP contribution is -2.56. The van der Waals surface area contributed by atoms with Crippen molar-refractivity contribution in [1.82, 2.24) is 5.32 Å². The maximum absolute atomic E-state index is 12.6. The second kappa shape index (κ2) is 7.98. The molecule has 2 N–H and O–H groups in total. The zero-order valence-electron chi connectivity index (χ0n) is 18.3. The Kier molecular flexibility index (Phi) is 5.68. The van der Waals surface area contributed by atoms with Crippen LogP contribution in [0.5, 0.6) is 0 Å². The number of hydrogen-bond donors (Lipinski definition) is 2. The van der Waals surface area contributed by atoms with E-state index >= 15 is 0 Å². The Morgan fingerprint density at radius 1 is 1.10 bits per heavy atom. The fraction of sp³-hybridized carbons (Fsp3) is 0.696. The zero-order chi connectivity index (χ0) is 21.6. The van der Waals surface area contributed by atoms with Crippen LogP contribution in [0, 0.1) is 37.0 Å². The van der Waals surface area contributed by atoms with Crippen molar-refractivity contribution in [2.24, 2.45) is 23.2 Å². The minimum Gasteiger partial charge on any atom is -0.452 e. The van der Waals surface area contributed by atoms with Crippen LogP contribution in [0.1, 0.15) is 73.2 Å². The third kappa shape index (κ3) is 4.01. The molecule has 0 aliphatic heterocycles. The monoisotopic (exact) mass is 432 g/mol. The number of ether oxygens (including phenoxy) is 1. The summed E-state index contributed by atoms with van der Waals surface area (Å²) in [5.41, 5.74) is 1.33. The van der Waals surface area contributed by atoms with Crippen molar-refractivity contribution in [3.63, 3.8) is 0 Å². The molecule has 4 bridgehead atoms. The van der Waals surface area contributed by atoms with Crippen molar-refractivity contribution in [1.29, 1.82) is 0 Å². The first-order valence-corrected chi connectivity index (χ1v) is 11.8. The Bertz CT molecular complexity index is 840. The first-order valence-electron chi connectivity index (χ1n) is 11.0. The van der Waals surface area contributed by atoms with Crippen LogP contribution in [-0.2, 0) is 14.3 Å². The number of carbonyl (C=O) groups is 3. The molecule has 7 heteroatoms. The molecule has 1 aromatic heterocycles. The van der Waals surface area contributed by atoms with E-state index in [0.29, 0.717) is 10.6 Å². The molecule has 0 saturated heterocycles. The highest BCUT2D eigenvalue weighted by Crippen LogP contribution is 2.61. The van der Waals surface area contributed by atoms with Gasteiger partial charge in [-0.1, -0.05) is 0 Å². The Morgan fingerprint density at radius 3 is 2.20 bits per heavy atom. The number of thiophene rings is 1. The number of anilines is 1. The van der Waals surface area contributed by atoms with Gasteiger partial charge in [0.2, 0.25) is 5.91 Å². The molecule has 1 atom stereocenters. The number of hydrogen-bond acceptors (Lipinski definition) is 5. The highest BCUT2D eigenvalue weighted by atomic mass is 32.1. The molecule has 0 unspecified atom stereocenters. The molecule has 4 saturated carbocycles. The van der Waals surface area contributed by atoms with Crippen molar-refractivity contribution in [2.45, 2.75) is 72.3 Å². The average Bonchev–Trinajstić information content (AvgIpc) is 2.91. The lowest BCUT2D eigenvalue weighted by molar-refractivity contribution is -0.128. The van der Waals surface area contributed by atoms with Crippen molar-refractivity contribution >= 4 is 34.1 Å². The van der Waals surface area contributed by atoms with Gasteiger partial charge >= 0.3 is 5.97 Å². The van der Waals surface area contributed by atoms with Crippen LogP contribution in [0.3, 0.4) is 0 Å². The second-order valence-corrected chi connectivity index (χ2v) is 11.0. The minimum absolute atomic E-state index is 0.0946. The summed E-state index contributed by atoms with van der Waals surface area (Å²) in [6.07, 6.45) is 7.75. The average molecular weight is 433 g/mol. The third-order valence-electron chi connectivity index (χ3n) is 7.60. The maximum Gasteiger partial charge on any atom is 0.341 e. The summed E-state index contributed by atoms with van der Waals surface area (Å²) >= 11 is 1.34. The normalized spacial score (nSPS) is 30.1. The Hall–Kier alpha value is -1.89. The van der Waals surface area contributed by atoms with Gasteiger partial charge in [-0.15, -0.1) is 11.3 Å². The molecule has 1 aromatic rings. The molecule has 5 rings (SSSR count). The van der Waals surface area contributed by atoms with E-state index in [2.05, 4.69) is 17.6 Å². The predicted octanol–water partition coefficient (Wildman–Crippen LogP) is 4.20. The zero-order valence-corrected chi connectivity index (χ0v) is 19.1. The van der Waals surface area contributed by atoms with Gasteiger partial charge in [-0.3, -0.25) is 9.59 Å². The molecule has 4 fully saturated rings. The topological polar surface area (TPSA) is 84.5 Å². The smallest absolute Gasteiger partial charge is 0.341 e. The summed E-state index contributed by atoms with van der Waals surface area (Å²) in [6.45, 7) is 6.93. The van der Waals surface area contributed by atoms with Crippen LogP contribution in [0.15, 0.2) is 0 Å². The van der Waals surface area contributed by atoms with E-state index in [1.807, 2.05) is 13.8 Å². The van der Waals surface area contributed by atoms with Gasteiger partial charge in [0.1, 0.15) is 5.00 Å².